The lowest BCUT2D eigenvalue weighted by Gasteiger charge is -2.06. The van der Waals surface area contributed by atoms with Crippen LogP contribution < -0.4 is 5.32 Å². The van der Waals surface area contributed by atoms with E-state index in [2.05, 4.69) is 20.0 Å². The molecular formula is C17H11F4N3O2. The molecule has 0 saturated heterocycles. The zero-order valence-corrected chi connectivity index (χ0v) is 13.0. The van der Waals surface area contributed by atoms with Crippen molar-refractivity contribution in [1.29, 1.82) is 0 Å². The number of carbonyl (C=O) groups excluding carboxylic acids is 1. The Hall–Kier alpha value is -3.23. The average molecular weight is 365 g/mol. The van der Waals surface area contributed by atoms with Crippen molar-refractivity contribution >= 4 is 11.5 Å². The van der Waals surface area contributed by atoms with E-state index in [0.29, 0.717) is 11.3 Å². The van der Waals surface area contributed by atoms with Crippen molar-refractivity contribution in [3.63, 3.8) is 0 Å². The van der Waals surface area contributed by atoms with E-state index in [-0.39, 0.29) is 23.7 Å². The number of nitrogens with one attached hydrogen (secondary N) is 1. The Labute approximate surface area is 144 Å². The van der Waals surface area contributed by atoms with E-state index in [9.17, 15) is 22.4 Å². The van der Waals surface area contributed by atoms with Crippen LogP contribution >= 0.6 is 0 Å². The molecule has 0 spiro atoms. The fourth-order valence-corrected chi connectivity index (χ4v) is 2.14. The molecule has 1 aromatic heterocycles. The van der Waals surface area contributed by atoms with Gasteiger partial charge >= 0.3 is 12.1 Å². The summed E-state index contributed by atoms with van der Waals surface area (Å²) in [7, 11) is 0. The zero-order valence-electron chi connectivity index (χ0n) is 13.0. The molecule has 2 aromatic carbocycles. The number of halogens is 4. The number of hydrogen-bond acceptors (Lipinski definition) is 5. The normalized spacial score (nSPS) is 11.4. The maximum Gasteiger partial charge on any atom is 0.471 e. The minimum absolute atomic E-state index is 0.0662. The average Bonchev–Trinajstić information content (AvgIpc) is 3.10. The predicted molar refractivity (Wildman–Crippen MR) is 84.0 cm³/mol. The topological polar surface area (TPSA) is 68.0 Å². The SMILES string of the molecule is O=C(CNc1cccc(F)c1)c1ccc(-c2noc(C(F)(F)F)n2)cc1. The number of benzene rings is 2. The third kappa shape index (κ3) is 4.05. The van der Waals surface area contributed by atoms with Gasteiger partial charge in [0.25, 0.3) is 0 Å². The number of ketones is 1. The second-order valence-corrected chi connectivity index (χ2v) is 5.29. The first kappa shape index (κ1) is 17.6. The van der Waals surface area contributed by atoms with E-state index in [1.807, 2.05) is 0 Å². The highest BCUT2D eigenvalue weighted by Crippen LogP contribution is 2.29. The highest BCUT2D eigenvalue weighted by atomic mass is 19.4. The van der Waals surface area contributed by atoms with Crippen LogP contribution in [0.2, 0.25) is 0 Å². The van der Waals surface area contributed by atoms with Gasteiger partial charge in [0.1, 0.15) is 5.82 Å². The van der Waals surface area contributed by atoms with Gasteiger partial charge in [-0.3, -0.25) is 4.79 Å². The minimum Gasteiger partial charge on any atom is -0.377 e. The number of Topliss-reactive ketones (excluding diaryl/α,β-unsaturated/α-hetero) is 1. The first-order chi connectivity index (χ1) is 12.3. The molecule has 0 aliphatic heterocycles. The molecule has 9 heteroatoms. The zero-order chi connectivity index (χ0) is 18.7. The molecule has 0 fully saturated rings. The van der Waals surface area contributed by atoms with E-state index in [1.165, 1.54) is 42.5 Å². The summed E-state index contributed by atoms with van der Waals surface area (Å²) in [5.41, 5.74) is 1.07. The molecule has 0 aliphatic rings. The second kappa shape index (κ2) is 6.95. The summed E-state index contributed by atoms with van der Waals surface area (Å²) in [5.74, 6) is -2.36. The molecule has 0 unspecified atom stereocenters. The second-order valence-electron chi connectivity index (χ2n) is 5.29. The fourth-order valence-electron chi connectivity index (χ4n) is 2.14. The highest BCUT2D eigenvalue weighted by molar-refractivity contribution is 5.99. The quantitative estimate of drug-likeness (QED) is 0.542. The molecule has 0 bridgehead atoms. The lowest BCUT2D eigenvalue weighted by atomic mass is 10.1. The summed E-state index contributed by atoms with van der Waals surface area (Å²) in [6.45, 7) is -0.0662. The monoisotopic (exact) mass is 365 g/mol. The van der Waals surface area contributed by atoms with Crippen LogP contribution in [0.1, 0.15) is 16.2 Å². The van der Waals surface area contributed by atoms with Crippen LogP contribution in [-0.4, -0.2) is 22.5 Å². The summed E-state index contributed by atoms with van der Waals surface area (Å²) in [4.78, 5) is 15.4. The van der Waals surface area contributed by atoms with Gasteiger partial charge in [-0.15, -0.1) is 0 Å². The Balaban J connectivity index is 1.67. The van der Waals surface area contributed by atoms with Crippen LogP contribution in [0.25, 0.3) is 11.4 Å². The number of carbonyl (C=O) groups is 1. The molecule has 0 saturated carbocycles. The fraction of sp³-hybridized carbons (Fsp3) is 0.118. The largest absolute Gasteiger partial charge is 0.471 e. The highest BCUT2D eigenvalue weighted by Gasteiger charge is 2.38. The van der Waals surface area contributed by atoms with Gasteiger partial charge in [0.15, 0.2) is 5.78 Å². The van der Waals surface area contributed by atoms with E-state index in [1.54, 1.807) is 6.07 Å². The summed E-state index contributed by atoms with van der Waals surface area (Å²) in [6, 6.07) is 11.4. The molecule has 1 N–H and O–H groups in total. The van der Waals surface area contributed by atoms with Crippen molar-refractivity contribution in [3.05, 3.63) is 65.8 Å². The first-order valence-electron chi connectivity index (χ1n) is 7.37. The Kier molecular flexibility index (Phi) is 4.70. The molecule has 3 aromatic rings. The van der Waals surface area contributed by atoms with Crippen LogP contribution in [0.3, 0.4) is 0 Å². The van der Waals surface area contributed by atoms with Gasteiger partial charge in [0.05, 0.1) is 6.54 Å². The Morgan fingerprint density at radius 2 is 1.85 bits per heavy atom. The lowest BCUT2D eigenvalue weighted by molar-refractivity contribution is -0.159. The molecule has 26 heavy (non-hydrogen) atoms. The van der Waals surface area contributed by atoms with Crippen LogP contribution in [0.5, 0.6) is 0 Å². The van der Waals surface area contributed by atoms with Crippen LogP contribution in [0, 0.1) is 5.82 Å². The van der Waals surface area contributed by atoms with E-state index in [4.69, 9.17) is 0 Å². The van der Waals surface area contributed by atoms with Crippen LogP contribution in [0.4, 0.5) is 23.2 Å². The maximum absolute atomic E-state index is 13.1. The van der Waals surface area contributed by atoms with E-state index < -0.39 is 17.9 Å². The van der Waals surface area contributed by atoms with Crippen molar-refractivity contribution in [3.8, 4) is 11.4 Å². The molecule has 0 atom stereocenters. The van der Waals surface area contributed by atoms with Gasteiger partial charge in [-0.2, -0.15) is 18.2 Å². The van der Waals surface area contributed by atoms with Crippen molar-refractivity contribution in [2.75, 3.05) is 11.9 Å². The molecule has 0 amide bonds. The maximum atomic E-state index is 13.1. The lowest BCUT2D eigenvalue weighted by Crippen LogP contribution is -2.14. The van der Waals surface area contributed by atoms with Crippen LogP contribution in [-0.2, 0) is 6.18 Å². The number of rotatable bonds is 5. The number of anilines is 1. The third-order valence-corrected chi connectivity index (χ3v) is 3.41. The third-order valence-electron chi connectivity index (χ3n) is 3.41. The molecule has 5 nitrogen and oxygen atoms in total. The molecular weight excluding hydrogens is 354 g/mol. The molecule has 0 radical (unpaired) electrons. The van der Waals surface area contributed by atoms with Crippen LogP contribution in [0.15, 0.2) is 53.1 Å². The summed E-state index contributed by atoms with van der Waals surface area (Å²) >= 11 is 0. The number of hydrogen-bond donors (Lipinski definition) is 1. The van der Waals surface area contributed by atoms with E-state index >= 15 is 0 Å². The first-order valence-corrected chi connectivity index (χ1v) is 7.37. The van der Waals surface area contributed by atoms with Gasteiger partial charge < -0.3 is 9.84 Å². The number of aromatic nitrogens is 2. The smallest absolute Gasteiger partial charge is 0.377 e. The van der Waals surface area contributed by atoms with Gasteiger partial charge in [-0.05, 0) is 18.2 Å². The Bertz CT molecular complexity index is 920. The summed E-state index contributed by atoms with van der Waals surface area (Å²) in [6.07, 6.45) is -4.72. The van der Waals surface area contributed by atoms with Crippen molar-refractivity contribution < 1.29 is 26.9 Å². The van der Waals surface area contributed by atoms with E-state index in [0.717, 1.165) is 0 Å². The minimum atomic E-state index is -4.72. The Morgan fingerprint density at radius 3 is 2.46 bits per heavy atom. The van der Waals surface area contributed by atoms with Gasteiger partial charge in [-0.25, -0.2) is 4.39 Å². The van der Waals surface area contributed by atoms with Gasteiger partial charge in [0.2, 0.25) is 5.82 Å². The molecule has 1 heterocycles. The van der Waals surface area contributed by atoms with Gasteiger partial charge in [0, 0.05) is 16.8 Å². The Morgan fingerprint density at radius 1 is 1.12 bits per heavy atom. The number of nitrogens with zero attached hydrogens (tertiary/aromatic N) is 2. The summed E-state index contributed by atoms with van der Waals surface area (Å²) in [5, 5.41) is 6.07. The van der Waals surface area contributed by atoms with Crippen molar-refractivity contribution in [2.45, 2.75) is 6.18 Å². The summed E-state index contributed by atoms with van der Waals surface area (Å²) < 4.78 is 54.6. The molecule has 134 valence electrons. The van der Waals surface area contributed by atoms with Gasteiger partial charge in [-0.1, -0.05) is 35.5 Å². The van der Waals surface area contributed by atoms with Crippen molar-refractivity contribution in [1.82, 2.24) is 10.1 Å². The predicted octanol–water partition coefficient (Wildman–Crippen LogP) is 4.19. The molecule has 3 rings (SSSR count). The standard InChI is InChI=1S/C17H11F4N3O2/c18-12-2-1-3-13(8-12)22-9-14(25)10-4-6-11(7-5-10)15-23-16(26-24-15)17(19,20)21/h1-8,22H,9H2. The molecule has 0 aliphatic carbocycles. The number of alkyl halides is 3. The van der Waals surface area contributed by atoms with Crippen molar-refractivity contribution in [2.24, 2.45) is 0 Å².